The summed E-state index contributed by atoms with van der Waals surface area (Å²) in [6.45, 7) is 5.21. The topological polar surface area (TPSA) is 45.0 Å². The number of aromatic nitrogens is 1. The summed E-state index contributed by atoms with van der Waals surface area (Å²) in [5.74, 6) is -0.0536. The fourth-order valence-electron chi connectivity index (χ4n) is 3.64. The van der Waals surface area contributed by atoms with E-state index in [9.17, 15) is 9.59 Å². The van der Waals surface area contributed by atoms with E-state index in [1.54, 1.807) is 11.3 Å². The van der Waals surface area contributed by atoms with Crippen molar-refractivity contribution in [3.8, 4) is 0 Å². The molecule has 1 aliphatic rings. The Hall–Kier alpha value is -2.86. The van der Waals surface area contributed by atoms with E-state index in [1.807, 2.05) is 56.2 Å². The van der Waals surface area contributed by atoms with Gasteiger partial charge in [0.05, 0.1) is 16.4 Å². The molecule has 3 heterocycles. The Morgan fingerprint density at radius 3 is 2.78 bits per heavy atom. The summed E-state index contributed by atoms with van der Waals surface area (Å²) in [4.78, 5) is 30.1. The van der Waals surface area contributed by atoms with Crippen molar-refractivity contribution in [2.75, 3.05) is 19.6 Å². The third-order valence-corrected chi connectivity index (χ3v) is 5.84. The van der Waals surface area contributed by atoms with Crippen LogP contribution in [0.25, 0.3) is 4.83 Å². The monoisotopic (exact) mass is 379 g/mol. The smallest absolute Gasteiger partial charge is 0.255 e. The van der Waals surface area contributed by atoms with Gasteiger partial charge in [-0.15, -0.1) is 11.3 Å². The molecule has 0 radical (unpaired) electrons. The van der Waals surface area contributed by atoms with Gasteiger partial charge in [-0.2, -0.15) is 0 Å². The number of carbonyl (C=O) groups excluding carboxylic acids is 2. The van der Waals surface area contributed by atoms with Gasteiger partial charge in [0.25, 0.3) is 5.91 Å². The zero-order chi connectivity index (χ0) is 18.8. The second-order valence-corrected chi connectivity index (χ2v) is 7.63. The van der Waals surface area contributed by atoms with E-state index in [1.165, 1.54) is 6.08 Å². The predicted molar refractivity (Wildman–Crippen MR) is 107 cm³/mol. The summed E-state index contributed by atoms with van der Waals surface area (Å²) in [5, 5.41) is 2.00. The molecule has 6 heteroatoms. The van der Waals surface area contributed by atoms with Gasteiger partial charge in [0.15, 0.2) is 0 Å². The van der Waals surface area contributed by atoms with E-state index in [4.69, 9.17) is 0 Å². The highest BCUT2D eigenvalue weighted by molar-refractivity contribution is 7.15. The molecule has 0 bridgehead atoms. The third-order valence-electron chi connectivity index (χ3n) is 5.01. The molecule has 1 aromatic carbocycles. The highest BCUT2D eigenvalue weighted by Crippen LogP contribution is 2.21. The molecule has 5 nitrogen and oxygen atoms in total. The lowest BCUT2D eigenvalue weighted by atomic mass is 10.0. The van der Waals surface area contributed by atoms with Gasteiger partial charge in [-0.05, 0) is 24.1 Å². The number of hydrogen-bond donors (Lipinski definition) is 0. The second kappa shape index (κ2) is 7.40. The summed E-state index contributed by atoms with van der Waals surface area (Å²) in [6.07, 6.45) is 5.91. The molecule has 0 N–H and O–H groups in total. The minimum Gasteiger partial charge on any atom is -0.335 e. The van der Waals surface area contributed by atoms with Gasteiger partial charge >= 0.3 is 0 Å². The molecule has 1 fully saturated rings. The van der Waals surface area contributed by atoms with Gasteiger partial charge in [0, 0.05) is 37.4 Å². The normalized spacial score (nSPS) is 17.3. The standard InChI is InChI=1S/C21H21N3O2S/c1-2-19(25)24-9-8-23(15-18(24)12-16-6-4-3-5-7-16)21(26)17-13-20-22(14-17)10-11-27-20/h2-7,10-11,13-14,18H,1,8-9,12,15H2/t18-/m0/s1. The summed E-state index contributed by atoms with van der Waals surface area (Å²) in [7, 11) is 0. The Kier molecular flexibility index (Phi) is 4.81. The van der Waals surface area contributed by atoms with Crippen LogP contribution in [0.1, 0.15) is 15.9 Å². The molecule has 1 aliphatic heterocycles. The summed E-state index contributed by atoms with van der Waals surface area (Å²) in [5.41, 5.74) is 1.85. The molecule has 0 aliphatic carbocycles. The molecule has 2 aromatic heterocycles. The third kappa shape index (κ3) is 3.53. The first-order valence-corrected chi connectivity index (χ1v) is 9.85. The lowest BCUT2D eigenvalue weighted by Crippen LogP contribution is -2.57. The quantitative estimate of drug-likeness (QED) is 0.654. The van der Waals surface area contributed by atoms with Crippen molar-refractivity contribution >= 4 is 28.0 Å². The second-order valence-electron chi connectivity index (χ2n) is 6.71. The number of hydrogen-bond acceptors (Lipinski definition) is 3. The molecule has 3 aromatic rings. The van der Waals surface area contributed by atoms with Crippen LogP contribution >= 0.6 is 11.3 Å². The number of fused-ring (bicyclic) bond motifs is 1. The first kappa shape index (κ1) is 17.5. The SMILES string of the molecule is C=CC(=O)N1CCN(C(=O)c2cc3sccn3c2)C[C@@H]1Cc1ccccc1. The number of nitrogens with zero attached hydrogens (tertiary/aromatic N) is 3. The fraction of sp³-hybridized carbons (Fsp3) is 0.238. The van der Waals surface area contributed by atoms with E-state index in [0.717, 1.165) is 16.8 Å². The van der Waals surface area contributed by atoms with Crippen LogP contribution in [-0.2, 0) is 11.2 Å². The minimum absolute atomic E-state index is 0.0228. The first-order valence-electron chi connectivity index (χ1n) is 8.97. The van der Waals surface area contributed by atoms with Crippen LogP contribution in [-0.4, -0.2) is 51.7 Å². The Bertz CT molecular complexity index is 947. The molecule has 27 heavy (non-hydrogen) atoms. The van der Waals surface area contributed by atoms with Crippen LogP contribution < -0.4 is 0 Å². The average molecular weight is 379 g/mol. The van der Waals surface area contributed by atoms with E-state index >= 15 is 0 Å². The van der Waals surface area contributed by atoms with E-state index < -0.39 is 0 Å². The van der Waals surface area contributed by atoms with Crippen molar-refractivity contribution in [3.63, 3.8) is 0 Å². The summed E-state index contributed by atoms with van der Waals surface area (Å²) < 4.78 is 1.97. The zero-order valence-corrected chi connectivity index (χ0v) is 15.8. The van der Waals surface area contributed by atoms with Crippen molar-refractivity contribution in [3.05, 3.63) is 78.0 Å². The number of benzene rings is 1. The van der Waals surface area contributed by atoms with Gasteiger partial charge in [-0.25, -0.2) is 0 Å². The van der Waals surface area contributed by atoms with Gasteiger partial charge in [-0.3, -0.25) is 9.59 Å². The zero-order valence-electron chi connectivity index (χ0n) is 15.0. The van der Waals surface area contributed by atoms with Gasteiger partial charge in [-0.1, -0.05) is 36.9 Å². The number of piperazine rings is 1. The molecular formula is C21H21N3O2S. The highest BCUT2D eigenvalue weighted by atomic mass is 32.1. The molecule has 138 valence electrons. The molecule has 4 rings (SSSR count). The van der Waals surface area contributed by atoms with Crippen molar-refractivity contribution in [2.24, 2.45) is 0 Å². The van der Waals surface area contributed by atoms with Crippen molar-refractivity contribution < 1.29 is 9.59 Å². The molecule has 2 amide bonds. The number of amides is 2. The largest absolute Gasteiger partial charge is 0.335 e. The Morgan fingerprint density at radius 2 is 2.04 bits per heavy atom. The van der Waals surface area contributed by atoms with Crippen LogP contribution in [0, 0.1) is 0 Å². The predicted octanol–water partition coefficient (Wildman–Crippen LogP) is 3.08. The van der Waals surface area contributed by atoms with Gasteiger partial charge < -0.3 is 14.2 Å². The minimum atomic E-state index is -0.0765. The Balaban J connectivity index is 1.54. The summed E-state index contributed by atoms with van der Waals surface area (Å²) in [6, 6.07) is 12.0. The molecule has 1 atom stereocenters. The van der Waals surface area contributed by atoms with Crippen LogP contribution in [0.15, 0.2) is 66.8 Å². The van der Waals surface area contributed by atoms with Crippen LogP contribution in [0.5, 0.6) is 0 Å². The molecule has 1 saturated heterocycles. The summed E-state index contributed by atoms with van der Waals surface area (Å²) >= 11 is 1.61. The van der Waals surface area contributed by atoms with E-state index in [2.05, 4.69) is 18.7 Å². The maximum atomic E-state index is 13.0. The Labute approximate surface area is 162 Å². The Morgan fingerprint density at radius 1 is 1.22 bits per heavy atom. The molecular weight excluding hydrogens is 358 g/mol. The van der Waals surface area contributed by atoms with Crippen molar-refractivity contribution in [1.82, 2.24) is 14.2 Å². The van der Waals surface area contributed by atoms with Crippen molar-refractivity contribution in [1.29, 1.82) is 0 Å². The number of carbonyl (C=O) groups is 2. The first-order chi connectivity index (χ1) is 13.2. The maximum absolute atomic E-state index is 13.0. The van der Waals surface area contributed by atoms with E-state index in [-0.39, 0.29) is 17.9 Å². The lowest BCUT2D eigenvalue weighted by Gasteiger charge is -2.41. The number of thiazole rings is 1. The average Bonchev–Trinajstić information content (AvgIpc) is 3.30. The maximum Gasteiger partial charge on any atom is 0.255 e. The van der Waals surface area contributed by atoms with Crippen LogP contribution in [0.4, 0.5) is 0 Å². The van der Waals surface area contributed by atoms with Gasteiger partial charge in [0.1, 0.15) is 0 Å². The molecule has 0 spiro atoms. The van der Waals surface area contributed by atoms with Gasteiger partial charge in [0.2, 0.25) is 5.91 Å². The highest BCUT2D eigenvalue weighted by Gasteiger charge is 2.32. The molecule has 0 saturated carbocycles. The number of rotatable bonds is 4. The fourth-order valence-corrected chi connectivity index (χ4v) is 4.40. The lowest BCUT2D eigenvalue weighted by molar-refractivity contribution is -0.130. The molecule has 0 unspecified atom stereocenters. The van der Waals surface area contributed by atoms with Crippen LogP contribution in [0.2, 0.25) is 0 Å². The van der Waals surface area contributed by atoms with Crippen LogP contribution in [0.3, 0.4) is 0 Å². The van der Waals surface area contributed by atoms with E-state index in [0.29, 0.717) is 25.2 Å². The van der Waals surface area contributed by atoms with Crippen molar-refractivity contribution in [2.45, 2.75) is 12.5 Å².